The van der Waals surface area contributed by atoms with Gasteiger partial charge in [0.05, 0.1) is 11.1 Å². The van der Waals surface area contributed by atoms with E-state index >= 15 is 0 Å². The Balaban J connectivity index is 1.61. The van der Waals surface area contributed by atoms with Crippen LogP contribution >= 0.6 is 0 Å². The van der Waals surface area contributed by atoms with E-state index in [1.165, 1.54) is 34.8 Å². The molecule has 158 valence electrons. The van der Waals surface area contributed by atoms with Gasteiger partial charge in [-0.1, -0.05) is 6.07 Å². The molecule has 1 aliphatic rings. The van der Waals surface area contributed by atoms with E-state index in [-0.39, 0.29) is 10.5 Å². The minimum atomic E-state index is -3.61. The number of hydrogen-bond donors (Lipinski definition) is 2. The van der Waals surface area contributed by atoms with Crippen LogP contribution in [0.25, 0.3) is 0 Å². The molecule has 30 heavy (non-hydrogen) atoms. The Kier molecular flexibility index (Phi) is 6.80. The molecule has 2 aromatic rings. The lowest BCUT2D eigenvalue weighted by Crippen LogP contribution is -2.28. The highest BCUT2D eigenvalue weighted by Crippen LogP contribution is 2.21. The Hall–Kier alpha value is -3.24. The van der Waals surface area contributed by atoms with Crippen LogP contribution < -0.4 is 10.2 Å². The van der Waals surface area contributed by atoms with E-state index in [1.54, 1.807) is 24.3 Å². The molecule has 1 aliphatic heterocycles. The van der Waals surface area contributed by atoms with Crippen molar-refractivity contribution in [2.24, 2.45) is 5.10 Å². The summed E-state index contributed by atoms with van der Waals surface area (Å²) in [4.78, 5) is 22.9. The number of hydrogen-bond acceptors (Lipinski definition) is 6. The van der Waals surface area contributed by atoms with Gasteiger partial charge >= 0.3 is 5.97 Å². The zero-order valence-electron chi connectivity index (χ0n) is 16.0. The fourth-order valence-electron chi connectivity index (χ4n) is 2.90. The van der Waals surface area contributed by atoms with Crippen LogP contribution in [0.5, 0.6) is 5.75 Å². The van der Waals surface area contributed by atoms with Crippen molar-refractivity contribution < 1.29 is 27.9 Å². The van der Waals surface area contributed by atoms with E-state index in [1.807, 2.05) is 0 Å². The molecule has 0 radical (unpaired) electrons. The molecule has 1 amide bonds. The van der Waals surface area contributed by atoms with Crippen LogP contribution in [0.4, 0.5) is 0 Å². The largest absolute Gasteiger partial charge is 0.482 e. The number of aliphatic carboxylic acids is 1. The normalized spacial score (nSPS) is 14.7. The molecular weight excluding hydrogens is 410 g/mol. The lowest BCUT2D eigenvalue weighted by molar-refractivity contribution is -0.139. The third kappa shape index (κ3) is 5.43. The summed E-state index contributed by atoms with van der Waals surface area (Å²) in [7, 11) is -3.61. The average molecular weight is 431 g/mol. The Morgan fingerprint density at radius 3 is 2.50 bits per heavy atom. The number of benzene rings is 2. The second-order valence-corrected chi connectivity index (χ2v) is 8.53. The summed E-state index contributed by atoms with van der Waals surface area (Å²) >= 11 is 0. The Bertz CT molecular complexity index is 1040. The Labute approximate surface area is 174 Å². The smallest absolute Gasteiger partial charge is 0.341 e. The van der Waals surface area contributed by atoms with Gasteiger partial charge in [-0.15, -0.1) is 0 Å². The summed E-state index contributed by atoms with van der Waals surface area (Å²) in [6.07, 6.45) is 3.07. The van der Waals surface area contributed by atoms with Gasteiger partial charge in [-0.2, -0.15) is 9.41 Å². The third-order valence-corrected chi connectivity index (χ3v) is 6.32. The first-order valence-corrected chi connectivity index (χ1v) is 10.7. The minimum absolute atomic E-state index is 0.0815. The van der Waals surface area contributed by atoms with Gasteiger partial charge in [0.1, 0.15) is 5.75 Å². The molecule has 0 spiro atoms. The number of nitrogens with zero attached hydrogens (tertiary/aromatic N) is 2. The standard InChI is InChI=1S/C20H21N3O6S/c24-19(25)14-29-17-8-6-15(7-9-17)13-21-22-20(26)16-4-3-5-18(12-16)30(27,28)23-10-1-2-11-23/h3-9,12-13H,1-2,10-11,14H2,(H,22,26)(H,24,25)/b21-13-. The molecule has 10 heteroatoms. The van der Waals surface area contributed by atoms with Crippen molar-refractivity contribution in [2.75, 3.05) is 19.7 Å². The third-order valence-electron chi connectivity index (χ3n) is 4.42. The predicted molar refractivity (Wildman–Crippen MR) is 109 cm³/mol. The summed E-state index contributed by atoms with van der Waals surface area (Å²) in [5.74, 6) is -1.21. The van der Waals surface area contributed by atoms with Crippen molar-refractivity contribution in [3.8, 4) is 5.75 Å². The molecule has 1 fully saturated rings. The number of rotatable bonds is 8. The lowest BCUT2D eigenvalue weighted by atomic mass is 10.2. The number of nitrogens with one attached hydrogen (secondary N) is 1. The zero-order valence-corrected chi connectivity index (χ0v) is 16.8. The molecule has 0 aromatic heterocycles. The van der Waals surface area contributed by atoms with Crippen LogP contribution in [0.2, 0.25) is 0 Å². The first-order chi connectivity index (χ1) is 14.4. The number of hydrazone groups is 1. The zero-order chi connectivity index (χ0) is 21.6. The number of sulfonamides is 1. The van der Waals surface area contributed by atoms with Gasteiger partial charge in [0, 0.05) is 18.7 Å². The maximum Gasteiger partial charge on any atom is 0.341 e. The molecule has 1 heterocycles. The highest BCUT2D eigenvalue weighted by molar-refractivity contribution is 7.89. The number of amides is 1. The van der Waals surface area contributed by atoms with Gasteiger partial charge < -0.3 is 9.84 Å². The van der Waals surface area contributed by atoms with Crippen molar-refractivity contribution in [2.45, 2.75) is 17.7 Å². The second kappa shape index (κ2) is 9.51. The van der Waals surface area contributed by atoms with Gasteiger partial charge in [0.15, 0.2) is 6.61 Å². The maximum atomic E-state index is 12.6. The van der Waals surface area contributed by atoms with E-state index in [0.29, 0.717) is 24.4 Å². The average Bonchev–Trinajstić information content (AvgIpc) is 3.29. The molecule has 3 rings (SSSR count). The number of carboxylic acid groups (broad SMARTS) is 1. The second-order valence-electron chi connectivity index (χ2n) is 6.59. The monoisotopic (exact) mass is 431 g/mol. The Morgan fingerprint density at radius 1 is 1.13 bits per heavy atom. The number of carboxylic acids is 1. The highest BCUT2D eigenvalue weighted by Gasteiger charge is 2.27. The van der Waals surface area contributed by atoms with Crippen LogP contribution in [0.15, 0.2) is 58.5 Å². The quantitative estimate of drug-likeness (QED) is 0.484. The molecular formula is C20H21N3O6S. The molecule has 2 aromatic carbocycles. The number of carbonyl (C=O) groups excluding carboxylic acids is 1. The Morgan fingerprint density at radius 2 is 1.83 bits per heavy atom. The van der Waals surface area contributed by atoms with E-state index in [9.17, 15) is 18.0 Å². The highest BCUT2D eigenvalue weighted by atomic mass is 32.2. The summed E-state index contributed by atoms with van der Waals surface area (Å²) in [5, 5.41) is 12.5. The molecule has 0 atom stereocenters. The molecule has 2 N–H and O–H groups in total. The van der Waals surface area contributed by atoms with Crippen LogP contribution in [0, 0.1) is 0 Å². The van der Waals surface area contributed by atoms with Crippen molar-refractivity contribution in [3.63, 3.8) is 0 Å². The molecule has 0 aliphatic carbocycles. The van der Waals surface area contributed by atoms with Crippen LogP contribution in [0.1, 0.15) is 28.8 Å². The molecule has 0 bridgehead atoms. The molecule has 9 nitrogen and oxygen atoms in total. The lowest BCUT2D eigenvalue weighted by Gasteiger charge is -2.15. The predicted octanol–water partition coefficient (Wildman–Crippen LogP) is 1.70. The molecule has 0 unspecified atom stereocenters. The fourth-order valence-corrected chi connectivity index (χ4v) is 4.46. The molecule has 1 saturated heterocycles. The summed E-state index contributed by atoms with van der Waals surface area (Å²) in [6.45, 7) is 0.544. The van der Waals surface area contributed by atoms with Gasteiger partial charge in [0.2, 0.25) is 10.0 Å². The van der Waals surface area contributed by atoms with Gasteiger partial charge in [-0.3, -0.25) is 4.79 Å². The van der Waals surface area contributed by atoms with Gasteiger partial charge in [-0.05, 0) is 60.9 Å². The minimum Gasteiger partial charge on any atom is -0.482 e. The van der Waals surface area contributed by atoms with Gasteiger partial charge in [-0.25, -0.2) is 18.6 Å². The van der Waals surface area contributed by atoms with Gasteiger partial charge in [0.25, 0.3) is 5.91 Å². The van der Waals surface area contributed by atoms with Crippen LogP contribution in [-0.4, -0.2) is 55.6 Å². The number of carbonyl (C=O) groups is 2. The summed E-state index contributed by atoms with van der Waals surface area (Å²) in [6, 6.07) is 12.3. The van der Waals surface area contributed by atoms with E-state index in [4.69, 9.17) is 9.84 Å². The van der Waals surface area contributed by atoms with E-state index < -0.39 is 28.5 Å². The van der Waals surface area contributed by atoms with Crippen LogP contribution in [-0.2, 0) is 14.8 Å². The maximum absolute atomic E-state index is 12.6. The first-order valence-electron chi connectivity index (χ1n) is 9.24. The summed E-state index contributed by atoms with van der Waals surface area (Å²) in [5.41, 5.74) is 3.20. The fraction of sp³-hybridized carbons (Fsp3) is 0.250. The van der Waals surface area contributed by atoms with Crippen molar-refractivity contribution in [1.82, 2.24) is 9.73 Å². The van der Waals surface area contributed by atoms with Crippen molar-refractivity contribution in [3.05, 3.63) is 59.7 Å². The van der Waals surface area contributed by atoms with Crippen LogP contribution in [0.3, 0.4) is 0 Å². The molecule has 0 saturated carbocycles. The van der Waals surface area contributed by atoms with E-state index in [2.05, 4.69) is 10.5 Å². The topological polar surface area (TPSA) is 125 Å². The van der Waals surface area contributed by atoms with Crippen molar-refractivity contribution in [1.29, 1.82) is 0 Å². The SMILES string of the molecule is O=C(O)COc1ccc(/C=N\NC(=O)c2cccc(S(=O)(=O)N3CCCC3)c2)cc1. The summed E-state index contributed by atoms with van der Waals surface area (Å²) < 4.78 is 31.7. The van der Waals surface area contributed by atoms with E-state index in [0.717, 1.165) is 12.8 Å². The van der Waals surface area contributed by atoms with Crippen molar-refractivity contribution >= 4 is 28.1 Å². The first kappa shape index (κ1) is 21.5. The number of ether oxygens (including phenoxy) is 1.